The van der Waals surface area contributed by atoms with Crippen LogP contribution in [0.3, 0.4) is 0 Å². The maximum Gasteiger partial charge on any atom is 0.224 e. The van der Waals surface area contributed by atoms with Crippen molar-refractivity contribution in [2.24, 2.45) is 13.0 Å². The number of carbonyl (C=O) groups excluding carboxylic acids is 1. The summed E-state index contributed by atoms with van der Waals surface area (Å²) in [6.07, 6.45) is 6.87. The summed E-state index contributed by atoms with van der Waals surface area (Å²) in [6.45, 7) is 2.84. The molecule has 0 radical (unpaired) electrons. The van der Waals surface area contributed by atoms with Crippen molar-refractivity contribution in [3.63, 3.8) is 0 Å². The first-order valence-electron chi connectivity index (χ1n) is 5.98. The zero-order valence-corrected chi connectivity index (χ0v) is 11.6. The minimum atomic E-state index is -0.173. The van der Waals surface area contributed by atoms with Gasteiger partial charge in [0.05, 0.1) is 29.9 Å². The predicted octanol–water partition coefficient (Wildman–Crippen LogP) is 1.22. The molecule has 7 heteroatoms. The number of halogens is 1. The van der Waals surface area contributed by atoms with Crippen LogP contribution in [0.1, 0.15) is 12.5 Å². The number of rotatable bonds is 5. The number of nitrogens with one attached hydrogen (secondary N) is 1. The Bertz CT molecular complexity index is 562. The van der Waals surface area contributed by atoms with Crippen molar-refractivity contribution in [2.45, 2.75) is 20.0 Å². The molecule has 1 unspecified atom stereocenters. The molecule has 0 spiro atoms. The van der Waals surface area contributed by atoms with E-state index in [0.717, 1.165) is 5.56 Å². The smallest absolute Gasteiger partial charge is 0.224 e. The summed E-state index contributed by atoms with van der Waals surface area (Å²) in [7, 11) is 1.84. The largest absolute Gasteiger partial charge is 0.352 e. The van der Waals surface area contributed by atoms with E-state index < -0.39 is 0 Å². The third-order valence-electron chi connectivity index (χ3n) is 2.74. The van der Waals surface area contributed by atoms with Crippen molar-refractivity contribution >= 4 is 17.5 Å². The monoisotopic (exact) mass is 281 g/mol. The molecule has 2 aromatic heterocycles. The van der Waals surface area contributed by atoms with Gasteiger partial charge in [0, 0.05) is 31.5 Å². The van der Waals surface area contributed by atoms with E-state index in [0.29, 0.717) is 18.1 Å². The molecule has 0 fully saturated rings. The summed E-state index contributed by atoms with van der Waals surface area (Å²) < 4.78 is 3.37. The molecule has 0 aliphatic heterocycles. The van der Waals surface area contributed by atoms with Crippen LogP contribution in [-0.4, -0.2) is 25.5 Å². The Kier molecular flexibility index (Phi) is 4.21. The second-order valence-corrected chi connectivity index (χ2v) is 4.96. The Morgan fingerprint density at radius 1 is 1.42 bits per heavy atom. The maximum absolute atomic E-state index is 11.9. The van der Waals surface area contributed by atoms with E-state index in [1.165, 1.54) is 0 Å². The van der Waals surface area contributed by atoms with Crippen LogP contribution >= 0.6 is 11.6 Å². The van der Waals surface area contributed by atoms with Crippen LogP contribution in [0.15, 0.2) is 24.8 Å². The third kappa shape index (κ3) is 3.82. The number of carbonyl (C=O) groups is 1. The Morgan fingerprint density at radius 2 is 2.21 bits per heavy atom. The molecule has 2 rings (SSSR count). The summed E-state index contributed by atoms with van der Waals surface area (Å²) >= 11 is 5.77. The Balaban J connectivity index is 1.82. The van der Waals surface area contributed by atoms with Gasteiger partial charge in [-0.3, -0.25) is 14.2 Å². The number of aromatic nitrogens is 4. The van der Waals surface area contributed by atoms with Crippen LogP contribution < -0.4 is 5.32 Å². The lowest BCUT2D eigenvalue weighted by molar-refractivity contribution is -0.125. The Hall–Kier alpha value is -1.82. The van der Waals surface area contributed by atoms with Gasteiger partial charge in [0.1, 0.15) is 0 Å². The molecule has 0 saturated carbocycles. The van der Waals surface area contributed by atoms with Gasteiger partial charge in [-0.15, -0.1) is 0 Å². The number of hydrogen-bond acceptors (Lipinski definition) is 3. The van der Waals surface area contributed by atoms with Crippen LogP contribution in [-0.2, 0) is 24.9 Å². The quantitative estimate of drug-likeness (QED) is 0.896. The molecule has 1 amide bonds. The van der Waals surface area contributed by atoms with E-state index in [-0.39, 0.29) is 11.8 Å². The summed E-state index contributed by atoms with van der Waals surface area (Å²) in [5.74, 6) is -0.192. The van der Waals surface area contributed by atoms with Gasteiger partial charge in [-0.2, -0.15) is 10.2 Å². The molecule has 1 atom stereocenters. The van der Waals surface area contributed by atoms with Gasteiger partial charge in [-0.1, -0.05) is 18.5 Å². The van der Waals surface area contributed by atoms with Crippen molar-refractivity contribution in [3.8, 4) is 0 Å². The fraction of sp³-hybridized carbons (Fsp3) is 0.417. The van der Waals surface area contributed by atoms with E-state index in [4.69, 9.17) is 11.6 Å². The molecule has 6 nitrogen and oxygen atoms in total. The van der Waals surface area contributed by atoms with E-state index in [1.807, 2.05) is 20.2 Å². The molecule has 2 heterocycles. The number of aryl methyl sites for hydroxylation is 1. The van der Waals surface area contributed by atoms with Crippen molar-refractivity contribution < 1.29 is 4.79 Å². The predicted molar refractivity (Wildman–Crippen MR) is 71.5 cm³/mol. The molecule has 0 bridgehead atoms. The highest BCUT2D eigenvalue weighted by molar-refractivity contribution is 6.30. The molecule has 19 heavy (non-hydrogen) atoms. The number of amides is 1. The third-order valence-corrected chi connectivity index (χ3v) is 2.93. The minimum Gasteiger partial charge on any atom is -0.352 e. The maximum atomic E-state index is 11.9. The average molecular weight is 282 g/mol. The zero-order chi connectivity index (χ0) is 13.8. The Morgan fingerprint density at radius 3 is 2.79 bits per heavy atom. The highest BCUT2D eigenvalue weighted by atomic mass is 35.5. The van der Waals surface area contributed by atoms with Crippen LogP contribution in [0.25, 0.3) is 0 Å². The van der Waals surface area contributed by atoms with Gasteiger partial charge in [-0.25, -0.2) is 0 Å². The molecule has 0 aromatic carbocycles. The highest BCUT2D eigenvalue weighted by Gasteiger charge is 2.14. The molecule has 102 valence electrons. The lowest BCUT2D eigenvalue weighted by Gasteiger charge is -2.11. The summed E-state index contributed by atoms with van der Waals surface area (Å²) in [5.41, 5.74) is 0.977. The van der Waals surface area contributed by atoms with Crippen molar-refractivity contribution in [3.05, 3.63) is 35.4 Å². The molecule has 1 N–H and O–H groups in total. The van der Waals surface area contributed by atoms with Crippen molar-refractivity contribution in [1.29, 1.82) is 0 Å². The van der Waals surface area contributed by atoms with E-state index in [1.54, 1.807) is 28.0 Å². The first kappa shape index (κ1) is 13.6. The average Bonchev–Trinajstić information content (AvgIpc) is 2.95. The second kappa shape index (κ2) is 5.88. The number of nitrogens with zero attached hydrogens (tertiary/aromatic N) is 4. The standard InChI is InChI=1S/C12H16ClN5O/c1-9(6-18-8-11(13)5-16-18)12(19)14-3-10-4-15-17(2)7-10/h4-5,7-9H,3,6H2,1-2H3,(H,14,19). The van der Waals surface area contributed by atoms with Gasteiger partial charge >= 0.3 is 0 Å². The summed E-state index contributed by atoms with van der Waals surface area (Å²) in [4.78, 5) is 11.9. The fourth-order valence-corrected chi connectivity index (χ4v) is 1.88. The van der Waals surface area contributed by atoms with Gasteiger partial charge < -0.3 is 5.32 Å². The van der Waals surface area contributed by atoms with Crippen LogP contribution in [0.2, 0.25) is 5.02 Å². The normalized spacial score (nSPS) is 12.4. The van der Waals surface area contributed by atoms with Crippen LogP contribution in [0.5, 0.6) is 0 Å². The van der Waals surface area contributed by atoms with Gasteiger partial charge in [0.15, 0.2) is 0 Å². The molecular formula is C12H16ClN5O. The summed E-state index contributed by atoms with van der Waals surface area (Å²) in [5, 5.41) is 11.5. The van der Waals surface area contributed by atoms with Crippen LogP contribution in [0.4, 0.5) is 0 Å². The zero-order valence-electron chi connectivity index (χ0n) is 10.9. The molecule has 0 aliphatic carbocycles. The molecule has 0 saturated heterocycles. The van der Waals surface area contributed by atoms with E-state index in [9.17, 15) is 4.79 Å². The van der Waals surface area contributed by atoms with Gasteiger partial charge in [-0.05, 0) is 0 Å². The highest BCUT2D eigenvalue weighted by Crippen LogP contribution is 2.07. The summed E-state index contributed by atoms with van der Waals surface area (Å²) in [6, 6.07) is 0. The first-order chi connectivity index (χ1) is 9.04. The van der Waals surface area contributed by atoms with E-state index >= 15 is 0 Å². The lowest BCUT2D eigenvalue weighted by atomic mass is 10.1. The first-order valence-corrected chi connectivity index (χ1v) is 6.35. The van der Waals surface area contributed by atoms with Crippen molar-refractivity contribution in [2.75, 3.05) is 0 Å². The molecular weight excluding hydrogens is 266 g/mol. The Labute approximate surface area is 116 Å². The van der Waals surface area contributed by atoms with Gasteiger partial charge in [0.2, 0.25) is 5.91 Å². The van der Waals surface area contributed by atoms with Crippen LogP contribution in [0, 0.1) is 5.92 Å². The lowest BCUT2D eigenvalue weighted by Crippen LogP contribution is -2.31. The minimum absolute atomic E-state index is 0.0181. The SMILES string of the molecule is CC(Cn1cc(Cl)cn1)C(=O)NCc1cnn(C)c1. The number of hydrogen-bond donors (Lipinski definition) is 1. The van der Waals surface area contributed by atoms with E-state index in [2.05, 4.69) is 15.5 Å². The molecule has 0 aliphatic rings. The fourth-order valence-electron chi connectivity index (χ4n) is 1.73. The van der Waals surface area contributed by atoms with Gasteiger partial charge in [0.25, 0.3) is 0 Å². The topological polar surface area (TPSA) is 64.7 Å². The second-order valence-electron chi connectivity index (χ2n) is 4.52. The molecule has 2 aromatic rings. The van der Waals surface area contributed by atoms with Crippen molar-refractivity contribution in [1.82, 2.24) is 24.9 Å².